The average Bonchev–Trinajstić information content (AvgIpc) is 3.46. The summed E-state index contributed by atoms with van der Waals surface area (Å²) in [7, 11) is 0. The molecule has 2 aromatic heterocycles. The van der Waals surface area contributed by atoms with Crippen molar-refractivity contribution in [2.45, 2.75) is 31.5 Å². The van der Waals surface area contributed by atoms with Crippen LogP contribution in [0.3, 0.4) is 0 Å². The number of anilines is 1. The predicted molar refractivity (Wildman–Crippen MR) is 121 cm³/mol. The van der Waals surface area contributed by atoms with E-state index >= 15 is 0 Å². The lowest BCUT2D eigenvalue weighted by Crippen LogP contribution is -2.42. The molecule has 2 amide bonds. The summed E-state index contributed by atoms with van der Waals surface area (Å²) < 4.78 is 39.9. The van der Waals surface area contributed by atoms with Crippen LogP contribution in [0.5, 0.6) is 0 Å². The maximum atomic E-state index is 12.9. The summed E-state index contributed by atoms with van der Waals surface area (Å²) in [4.78, 5) is 33.0. The van der Waals surface area contributed by atoms with Gasteiger partial charge in [0.05, 0.1) is 18.1 Å². The molecule has 4 rings (SSSR count). The number of aliphatic imine (C=N–C) groups is 1. The third-order valence-electron chi connectivity index (χ3n) is 5.61. The minimum atomic E-state index is -4.47. The van der Waals surface area contributed by atoms with Crippen molar-refractivity contribution in [3.63, 3.8) is 0 Å². The van der Waals surface area contributed by atoms with Gasteiger partial charge in [0.2, 0.25) is 5.91 Å². The number of carbonyl (C=O) groups excluding carboxylic acids is 2. The van der Waals surface area contributed by atoms with Gasteiger partial charge in [-0.2, -0.15) is 13.2 Å². The smallest absolute Gasteiger partial charge is 0.374 e. The van der Waals surface area contributed by atoms with E-state index in [1.165, 1.54) is 23.0 Å². The number of nitrogens with one attached hydrogen (secondary N) is 3. The largest absolute Gasteiger partial charge is 0.417 e. The van der Waals surface area contributed by atoms with Gasteiger partial charge in [-0.3, -0.25) is 14.6 Å². The van der Waals surface area contributed by atoms with Gasteiger partial charge in [-0.1, -0.05) is 26.0 Å². The number of fused-ring (bicyclic) bond motifs is 1. The van der Waals surface area contributed by atoms with Crippen molar-refractivity contribution in [1.82, 2.24) is 20.0 Å². The zero-order valence-corrected chi connectivity index (χ0v) is 18.5. The summed E-state index contributed by atoms with van der Waals surface area (Å²) in [6.45, 7) is 4.82. The third-order valence-corrected chi connectivity index (χ3v) is 5.61. The number of nitrogens with zero attached hydrogens (tertiary/aromatic N) is 3. The van der Waals surface area contributed by atoms with Gasteiger partial charge in [-0.25, -0.2) is 4.98 Å². The van der Waals surface area contributed by atoms with Crippen LogP contribution in [0.25, 0.3) is 5.65 Å². The number of amides is 2. The number of alkyl halides is 3. The topological polar surface area (TPSA) is 99.9 Å². The first-order valence-electron chi connectivity index (χ1n) is 10.5. The zero-order valence-electron chi connectivity index (χ0n) is 18.5. The van der Waals surface area contributed by atoms with E-state index in [0.29, 0.717) is 18.7 Å². The highest BCUT2D eigenvalue weighted by atomic mass is 19.4. The first-order chi connectivity index (χ1) is 16.0. The predicted octanol–water partition coefficient (Wildman–Crippen LogP) is 3.00. The molecular formula is C23H23F3N6O2. The molecule has 0 saturated heterocycles. The number of benzene rings is 1. The fourth-order valence-corrected chi connectivity index (χ4v) is 3.53. The number of halogens is 3. The second kappa shape index (κ2) is 8.81. The molecule has 1 unspecified atom stereocenters. The number of hydrogen-bond donors (Lipinski definition) is 3. The van der Waals surface area contributed by atoms with Gasteiger partial charge in [0, 0.05) is 30.3 Å². The van der Waals surface area contributed by atoms with E-state index in [1.807, 2.05) is 13.8 Å². The standard InChI is InChI=1S/C23H23F3N6O2/c1-22(2,12-28-21(34)17-9-27-13-29-17)15-5-3-14(4-6-15)20(33)31-18-11-32-10-16(23(24,25)26)7-8-19(32)30-18/h3-8,10-11,13,17H,9,12H2,1-2H3,(H,27,29)(H,28,34)(H,31,33). The van der Waals surface area contributed by atoms with E-state index in [9.17, 15) is 22.8 Å². The second-order valence-corrected chi connectivity index (χ2v) is 8.64. The molecule has 3 heterocycles. The number of carbonyl (C=O) groups is 2. The van der Waals surface area contributed by atoms with Crippen molar-refractivity contribution >= 4 is 29.6 Å². The normalized spacial score (nSPS) is 15.9. The number of pyridine rings is 1. The van der Waals surface area contributed by atoms with Crippen LogP contribution in [0, 0.1) is 0 Å². The molecule has 1 aliphatic heterocycles. The molecule has 1 atom stereocenters. The number of imidazole rings is 1. The van der Waals surface area contributed by atoms with E-state index < -0.39 is 29.1 Å². The molecule has 178 valence electrons. The van der Waals surface area contributed by atoms with Crippen LogP contribution < -0.4 is 16.0 Å². The number of aromatic nitrogens is 2. The fraction of sp³-hybridized carbons (Fsp3) is 0.304. The van der Waals surface area contributed by atoms with Crippen molar-refractivity contribution in [2.24, 2.45) is 4.99 Å². The molecule has 11 heteroatoms. The molecule has 3 N–H and O–H groups in total. The minimum Gasteiger partial charge on any atom is -0.374 e. The highest BCUT2D eigenvalue weighted by Crippen LogP contribution is 2.29. The van der Waals surface area contributed by atoms with Gasteiger partial charge < -0.3 is 20.4 Å². The molecule has 0 saturated carbocycles. The highest BCUT2D eigenvalue weighted by molar-refractivity contribution is 6.03. The van der Waals surface area contributed by atoms with E-state index in [0.717, 1.165) is 17.8 Å². The number of rotatable bonds is 6. The molecule has 1 aromatic carbocycles. The van der Waals surface area contributed by atoms with Crippen molar-refractivity contribution in [3.8, 4) is 0 Å². The summed E-state index contributed by atoms with van der Waals surface area (Å²) >= 11 is 0. The van der Waals surface area contributed by atoms with Crippen molar-refractivity contribution in [2.75, 3.05) is 18.4 Å². The Morgan fingerprint density at radius 2 is 1.79 bits per heavy atom. The average molecular weight is 472 g/mol. The molecule has 0 fully saturated rings. The summed E-state index contributed by atoms with van der Waals surface area (Å²) in [5.41, 5.74) is 0.365. The van der Waals surface area contributed by atoms with Crippen molar-refractivity contribution in [1.29, 1.82) is 0 Å². The molecule has 0 spiro atoms. The van der Waals surface area contributed by atoms with Crippen LogP contribution in [0.15, 0.2) is 53.8 Å². The Balaban J connectivity index is 1.40. The SMILES string of the molecule is CC(C)(CNC(=O)C1CNC=N1)c1ccc(C(=O)Nc2cn3cc(C(F)(F)F)ccc3n2)cc1. The van der Waals surface area contributed by atoms with Gasteiger partial charge in [0.25, 0.3) is 5.91 Å². The summed E-state index contributed by atoms with van der Waals surface area (Å²) in [6, 6.07) is 8.65. The fourth-order valence-electron chi connectivity index (χ4n) is 3.53. The molecule has 8 nitrogen and oxygen atoms in total. The first kappa shape index (κ1) is 23.3. The first-order valence-corrected chi connectivity index (χ1v) is 10.5. The highest BCUT2D eigenvalue weighted by Gasteiger charge is 2.31. The van der Waals surface area contributed by atoms with E-state index in [1.54, 1.807) is 24.3 Å². The maximum absolute atomic E-state index is 12.9. The van der Waals surface area contributed by atoms with Gasteiger partial charge in [0.15, 0.2) is 5.82 Å². The Bertz CT molecular complexity index is 1250. The Hall–Kier alpha value is -3.89. The molecule has 0 radical (unpaired) electrons. The van der Waals surface area contributed by atoms with Gasteiger partial charge in [-0.15, -0.1) is 0 Å². The van der Waals surface area contributed by atoms with Crippen molar-refractivity contribution < 1.29 is 22.8 Å². The monoisotopic (exact) mass is 472 g/mol. The van der Waals surface area contributed by atoms with Crippen LogP contribution in [-0.4, -0.2) is 46.7 Å². The van der Waals surface area contributed by atoms with Crippen LogP contribution in [0.4, 0.5) is 19.0 Å². The third kappa shape index (κ3) is 5.03. The lowest BCUT2D eigenvalue weighted by Gasteiger charge is -2.26. The molecule has 3 aromatic rings. The zero-order chi connectivity index (χ0) is 24.5. The van der Waals surface area contributed by atoms with E-state index in [4.69, 9.17) is 0 Å². The Kier molecular flexibility index (Phi) is 6.03. The summed E-state index contributed by atoms with van der Waals surface area (Å²) in [5, 5.41) is 8.40. The molecule has 34 heavy (non-hydrogen) atoms. The van der Waals surface area contributed by atoms with Crippen LogP contribution in [0.1, 0.15) is 35.3 Å². The Morgan fingerprint density at radius 1 is 1.09 bits per heavy atom. The van der Waals surface area contributed by atoms with Crippen LogP contribution in [0.2, 0.25) is 0 Å². The molecular weight excluding hydrogens is 449 g/mol. The Labute approximate surface area is 193 Å². The summed E-state index contributed by atoms with van der Waals surface area (Å²) in [5.74, 6) is -0.454. The van der Waals surface area contributed by atoms with Gasteiger partial charge in [-0.05, 0) is 29.8 Å². The Morgan fingerprint density at radius 3 is 2.44 bits per heavy atom. The summed E-state index contributed by atoms with van der Waals surface area (Å²) in [6.07, 6.45) is -0.706. The van der Waals surface area contributed by atoms with E-state index in [-0.39, 0.29) is 17.4 Å². The molecule has 0 bridgehead atoms. The molecule has 1 aliphatic rings. The van der Waals surface area contributed by atoms with Gasteiger partial charge >= 0.3 is 6.18 Å². The number of hydrogen-bond acceptors (Lipinski definition) is 5. The lowest BCUT2D eigenvalue weighted by molar-refractivity contribution is -0.137. The minimum absolute atomic E-state index is 0.139. The maximum Gasteiger partial charge on any atom is 0.417 e. The molecule has 0 aliphatic carbocycles. The van der Waals surface area contributed by atoms with Crippen LogP contribution >= 0.6 is 0 Å². The van der Waals surface area contributed by atoms with Crippen molar-refractivity contribution in [3.05, 3.63) is 65.5 Å². The van der Waals surface area contributed by atoms with Crippen LogP contribution in [-0.2, 0) is 16.4 Å². The lowest BCUT2D eigenvalue weighted by atomic mass is 9.84. The second-order valence-electron chi connectivity index (χ2n) is 8.64. The van der Waals surface area contributed by atoms with Gasteiger partial charge in [0.1, 0.15) is 11.7 Å². The van der Waals surface area contributed by atoms with E-state index in [2.05, 4.69) is 25.9 Å². The quantitative estimate of drug-likeness (QED) is 0.514.